The molecule has 1 N–H and O–H groups in total. The van der Waals surface area contributed by atoms with Gasteiger partial charge in [-0.15, -0.1) is 11.6 Å². The fourth-order valence-electron chi connectivity index (χ4n) is 0.831. The van der Waals surface area contributed by atoms with Crippen LogP contribution in [0.3, 0.4) is 0 Å². The Labute approximate surface area is 76.5 Å². The predicted molar refractivity (Wildman–Crippen MR) is 50.5 cm³/mol. The Balaban J connectivity index is 2.64. The number of amides is 1. The van der Waals surface area contributed by atoms with Crippen LogP contribution in [-0.2, 0) is 4.79 Å². The summed E-state index contributed by atoms with van der Waals surface area (Å²) in [6.07, 6.45) is 0. The van der Waals surface area contributed by atoms with Gasteiger partial charge in [0.05, 0.1) is 0 Å². The van der Waals surface area contributed by atoms with Crippen molar-refractivity contribution < 1.29 is 4.79 Å². The summed E-state index contributed by atoms with van der Waals surface area (Å²) in [7, 11) is 0. The molecule has 1 amide bonds. The van der Waals surface area contributed by atoms with Crippen LogP contribution in [0.5, 0.6) is 0 Å². The number of anilines is 1. The molecule has 0 saturated heterocycles. The third-order valence-corrected chi connectivity index (χ3v) is 1.70. The van der Waals surface area contributed by atoms with Crippen molar-refractivity contribution in [2.24, 2.45) is 0 Å². The van der Waals surface area contributed by atoms with E-state index >= 15 is 0 Å². The first-order chi connectivity index (χ1) is 5.72. The zero-order chi connectivity index (χ0) is 8.97. The van der Waals surface area contributed by atoms with Crippen LogP contribution in [0.25, 0.3) is 0 Å². The zero-order valence-electron chi connectivity index (χ0n) is 6.80. The molecular weight excluding hydrogens is 174 g/mol. The van der Waals surface area contributed by atoms with Crippen molar-refractivity contribution in [2.75, 3.05) is 11.2 Å². The van der Waals surface area contributed by atoms with E-state index < -0.39 is 0 Å². The molecule has 3 heteroatoms. The highest BCUT2D eigenvalue weighted by atomic mass is 35.5. The van der Waals surface area contributed by atoms with E-state index in [1.807, 2.05) is 31.2 Å². The number of halogens is 1. The van der Waals surface area contributed by atoms with Crippen LogP contribution in [0, 0.1) is 6.92 Å². The number of aryl methyl sites for hydroxylation is 1. The van der Waals surface area contributed by atoms with Gasteiger partial charge in [0.2, 0.25) is 5.91 Å². The number of nitrogens with one attached hydrogen (secondary N) is 1. The molecule has 0 aliphatic rings. The minimum atomic E-state index is -0.180. The number of benzene rings is 1. The third-order valence-electron chi connectivity index (χ3n) is 1.46. The summed E-state index contributed by atoms with van der Waals surface area (Å²) in [5.74, 6) is -0.186. The van der Waals surface area contributed by atoms with Gasteiger partial charge >= 0.3 is 0 Å². The van der Waals surface area contributed by atoms with Crippen LogP contribution < -0.4 is 5.32 Å². The zero-order valence-corrected chi connectivity index (χ0v) is 7.56. The fourth-order valence-corrected chi connectivity index (χ4v) is 0.898. The Bertz CT molecular complexity index is 268. The standard InChI is InChI=1S/C9H10ClNO/c1-7-2-4-8(5-3-7)11-9(12)6-10/h2-5H,6H2,1H3,(H,11,12). The molecule has 2 nitrogen and oxygen atoms in total. The second-order valence-electron chi connectivity index (χ2n) is 2.55. The molecule has 12 heavy (non-hydrogen) atoms. The number of alkyl halides is 1. The Kier molecular flexibility index (Phi) is 3.11. The summed E-state index contributed by atoms with van der Waals surface area (Å²) >= 11 is 5.32. The largest absolute Gasteiger partial charge is 0.325 e. The second-order valence-corrected chi connectivity index (χ2v) is 2.82. The maximum atomic E-state index is 10.8. The van der Waals surface area contributed by atoms with Crippen molar-refractivity contribution in [3.63, 3.8) is 0 Å². The molecule has 0 bridgehead atoms. The van der Waals surface area contributed by atoms with Crippen LogP contribution in [0.2, 0.25) is 0 Å². The van der Waals surface area contributed by atoms with Crippen molar-refractivity contribution in [1.29, 1.82) is 0 Å². The maximum absolute atomic E-state index is 10.8. The van der Waals surface area contributed by atoms with Gasteiger partial charge in [0.1, 0.15) is 5.88 Å². The van der Waals surface area contributed by atoms with E-state index in [0.717, 1.165) is 5.69 Å². The van der Waals surface area contributed by atoms with Gasteiger partial charge in [0.25, 0.3) is 0 Å². The quantitative estimate of drug-likeness (QED) is 0.700. The highest BCUT2D eigenvalue weighted by Gasteiger charge is 1.97. The minimum Gasteiger partial charge on any atom is -0.325 e. The van der Waals surface area contributed by atoms with Crippen molar-refractivity contribution in [1.82, 2.24) is 0 Å². The van der Waals surface area contributed by atoms with Gasteiger partial charge in [-0.1, -0.05) is 17.7 Å². The van der Waals surface area contributed by atoms with Crippen LogP contribution in [0.1, 0.15) is 5.56 Å². The number of hydrogen-bond acceptors (Lipinski definition) is 1. The molecule has 1 aromatic rings. The van der Waals surface area contributed by atoms with E-state index in [1.54, 1.807) is 0 Å². The Hall–Kier alpha value is -1.02. The van der Waals surface area contributed by atoms with E-state index in [-0.39, 0.29) is 11.8 Å². The van der Waals surface area contributed by atoms with E-state index in [4.69, 9.17) is 11.6 Å². The number of rotatable bonds is 2. The highest BCUT2D eigenvalue weighted by Crippen LogP contribution is 2.08. The van der Waals surface area contributed by atoms with Gasteiger partial charge in [-0.25, -0.2) is 0 Å². The molecular formula is C9H10ClNO. The summed E-state index contributed by atoms with van der Waals surface area (Å²) in [5.41, 5.74) is 1.95. The lowest BCUT2D eigenvalue weighted by atomic mass is 10.2. The second kappa shape index (κ2) is 4.12. The SMILES string of the molecule is Cc1ccc(NC(=O)CCl)cc1. The summed E-state index contributed by atoms with van der Waals surface area (Å²) in [6.45, 7) is 1.99. The summed E-state index contributed by atoms with van der Waals surface area (Å²) in [4.78, 5) is 10.8. The monoisotopic (exact) mass is 183 g/mol. The fraction of sp³-hybridized carbons (Fsp3) is 0.222. The molecule has 1 rings (SSSR count). The molecule has 0 atom stereocenters. The number of carbonyl (C=O) groups excluding carboxylic acids is 1. The van der Waals surface area contributed by atoms with Gasteiger partial charge in [-0.3, -0.25) is 4.79 Å². The van der Waals surface area contributed by atoms with E-state index in [1.165, 1.54) is 5.56 Å². The molecule has 0 fully saturated rings. The minimum absolute atomic E-state index is 0.00607. The van der Waals surface area contributed by atoms with Gasteiger partial charge in [0, 0.05) is 5.69 Å². The number of carbonyl (C=O) groups is 1. The van der Waals surface area contributed by atoms with Gasteiger partial charge in [-0.2, -0.15) is 0 Å². The topological polar surface area (TPSA) is 29.1 Å². The predicted octanol–water partition coefficient (Wildman–Crippen LogP) is 2.17. The average Bonchev–Trinajstić information content (AvgIpc) is 2.09. The Morgan fingerprint density at radius 3 is 2.50 bits per heavy atom. The first-order valence-electron chi connectivity index (χ1n) is 3.65. The molecule has 0 aliphatic heterocycles. The highest BCUT2D eigenvalue weighted by molar-refractivity contribution is 6.29. The summed E-state index contributed by atoms with van der Waals surface area (Å²) in [6, 6.07) is 7.56. The van der Waals surface area contributed by atoms with E-state index in [0.29, 0.717) is 0 Å². The van der Waals surface area contributed by atoms with Crippen LogP contribution in [0.15, 0.2) is 24.3 Å². The van der Waals surface area contributed by atoms with Gasteiger partial charge in [-0.05, 0) is 19.1 Å². The summed E-state index contributed by atoms with van der Waals surface area (Å²) in [5, 5.41) is 2.65. The smallest absolute Gasteiger partial charge is 0.239 e. The lowest BCUT2D eigenvalue weighted by Gasteiger charge is -2.01. The van der Waals surface area contributed by atoms with E-state index in [9.17, 15) is 4.79 Å². The normalized spacial score (nSPS) is 9.50. The van der Waals surface area contributed by atoms with Gasteiger partial charge < -0.3 is 5.32 Å². The molecule has 0 unspecified atom stereocenters. The van der Waals surface area contributed by atoms with E-state index in [2.05, 4.69) is 5.32 Å². The Morgan fingerprint density at radius 1 is 1.42 bits per heavy atom. The van der Waals surface area contributed by atoms with Gasteiger partial charge in [0.15, 0.2) is 0 Å². The molecule has 0 aromatic heterocycles. The molecule has 0 spiro atoms. The number of hydrogen-bond donors (Lipinski definition) is 1. The van der Waals surface area contributed by atoms with Crippen LogP contribution >= 0.6 is 11.6 Å². The Morgan fingerprint density at radius 2 is 2.00 bits per heavy atom. The first-order valence-corrected chi connectivity index (χ1v) is 4.18. The molecule has 0 saturated carbocycles. The lowest BCUT2D eigenvalue weighted by molar-refractivity contribution is -0.113. The molecule has 0 radical (unpaired) electrons. The lowest BCUT2D eigenvalue weighted by Crippen LogP contribution is -2.12. The van der Waals surface area contributed by atoms with Crippen LogP contribution in [-0.4, -0.2) is 11.8 Å². The van der Waals surface area contributed by atoms with Crippen molar-refractivity contribution in [2.45, 2.75) is 6.92 Å². The average molecular weight is 184 g/mol. The van der Waals surface area contributed by atoms with Crippen LogP contribution in [0.4, 0.5) is 5.69 Å². The van der Waals surface area contributed by atoms with Crippen molar-refractivity contribution in [3.8, 4) is 0 Å². The first kappa shape index (κ1) is 9.07. The molecule has 64 valence electrons. The maximum Gasteiger partial charge on any atom is 0.239 e. The third kappa shape index (κ3) is 2.55. The molecule has 1 aromatic carbocycles. The molecule has 0 heterocycles. The molecule has 0 aliphatic carbocycles. The van der Waals surface area contributed by atoms with Crippen molar-refractivity contribution in [3.05, 3.63) is 29.8 Å². The van der Waals surface area contributed by atoms with Crippen molar-refractivity contribution >= 4 is 23.2 Å². The summed E-state index contributed by atoms with van der Waals surface area (Å²) < 4.78 is 0.